The molecule has 170 valence electrons. The van der Waals surface area contributed by atoms with Crippen LogP contribution in [0.15, 0.2) is 47.4 Å². The van der Waals surface area contributed by atoms with Crippen LogP contribution in [-0.2, 0) is 16.6 Å². The molecule has 0 fully saturated rings. The molecule has 2 aromatic carbocycles. The molecule has 0 saturated heterocycles. The number of hydrogen-bond donors (Lipinski definition) is 2. The molecule has 0 unspecified atom stereocenters. The zero-order valence-corrected chi connectivity index (χ0v) is 19.7. The SMILES string of the molecule is CC(C)N(CCNS(=O)(=O)c1ccc(NCc2cccc(Cl)c2)c([N+](=O)[O-])c1)C(C)C. The summed E-state index contributed by atoms with van der Waals surface area (Å²) >= 11 is 5.96. The highest BCUT2D eigenvalue weighted by Gasteiger charge is 2.22. The topological polar surface area (TPSA) is 105 Å². The number of benzene rings is 2. The lowest BCUT2D eigenvalue weighted by molar-refractivity contribution is -0.384. The van der Waals surface area contributed by atoms with Gasteiger partial charge in [-0.25, -0.2) is 13.1 Å². The quantitative estimate of drug-likeness (QED) is 0.377. The second-order valence-corrected chi connectivity index (χ2v) is 9.95. The lowest BCUT2D eigenvalue weighted by Gasteiger charge is -2.30. The number of rotatable bonds is 11. The summed E-state index contributed by atoms with van der Waals surface area (Å²) in [5.74, 6) is 0. The van der Waals surface area contributed by atoms with E-state index in [0.717, 1.165) is 11.6 Å². The summed E-state index contributed by atoms with van der Waals surface area (Å²) in [7, 11) is -3.88. The van der Waals surface area contributed by atoms with E-state index in [1.807, 2.05) is 33.8 Å². The van der Waals surface area contributed by atoms with Gasteiger partial charge in [0.2, 0.25) is 10.0 Å². The van der Waals surface area contributed by atoms with Crippen molar-refractivity contribution in [2.75, 3.05) is 18.4 Å². The van der Waals surface area contributed by atoms with Gasteiger partial charge in [0.05, 0.1) is 9.82 Å². The Morgan fingerprint density at radius 2 is 1.77 bits per heavy atom. The molecule has 0 heterocycles. The minimum absolute atomic E-state index is 0.145. The Morgan fingerprint density at radius 3 is 2.35 bits per heavy atom. The Balaban J connectivity index is 2.14. The summed E-state index contributed by atoms with van der Waals surface area (Å²) < 4.78 is 27.9. The molecule has 0 atom stereocenters. The first-order valence-corrected chi connectivity index (χ1v) is 11.9. The molecule has 0 aliphatic carbocycles. The van der Waals surface area contributed by atoms with Crippen LogP contribution in [0.4, 0.5) is 11.4 Å². The first-order chi connectivity index (χ1) is 14.5. The maximum atomic E-state index is 12.7. The summed E-state index contributed by atoms with van der Waals surface area (Å²) in [6, 6.07) is 11.5. The van der Waals surface area contributed by atoms with Crippen molar-refractivity contribution in [3.05, 3.63) is 63.2 Å². The molecule has 0 bridgehead atoms. The Kier molecular flexibility index (Phi) is 8.81. The molecule has 0 aliphatic rings. The fourth-order valence-corrected chi connectivity index (χ4v) is 4.58. The van der Waals surface area contributed by atoms with Crippen LogP contribution in [0.2, 0.25) is 5.02 Å². The number of nitro benzene ring substituents is 1. The fourth-order valence-electron chi connectivity index (χ4n) is 3.33. The Labute approximate surface area is 188 Å². The van der Waals surface area contributed by atoms with Crippen LogP contribution in [0.1, 0.15) is 33.3 Å². The van der Waals surface area contributed by atoms with Crippen LogP contribution in [0.3, 0.4) is 0 Å². The normalized spacial score (nSPS) is 12.0. The van der Waals surface area contributed by atoms with E-state index in [9.17, 15) is 18.5 Å². The maximum absolute atomic E-state index is 12.7. The van der Waals surface area contributed by atoms with Crippen molar-refractivity contribution in [3.8, 4) is 0 Å². The molecule has 10 heteroatoms. The summed E-state index contributed by atoms with van der Waals surface area (Å²) in [5, 5.41) is 15.1. The summed E-state index contributed by atoms with van der Waals surface area (Å²) in [6.45, 7) is 9.25. The van der Waals surface area contributed by atoms with Crippen LogP contribution >= 0.6 is 11.6 Å². The van der Waals surface area contributed by atoms with Crippen molar-refractivity contribution >= 4 is 33.0 Å². The van der Waals surface area contributed by atoms with E-state index in [4.69, 9.17) is 11.6 Å². The second kappa shape index (κ2) is 10.9. The van der Waals surface area contributed by atoms with Gasteiger partial charge in [-0.3, -0.25) is 15.0 Å². The van der Waals surface area contributed by atoms with Gasteiger partial charge in [0.1, 0.15) is 5.69 Å². The smallest absolute Gasteiger partial charge is 0.293 e. The van der Waals surface area contributed by atoms with E-state index in [-0.39, 0.29) is 34.9 Å². The van der Waals surface area contributed by atoms with Gasteiger partial charge >= 0.3 is 0 Å². The molecule has 0 aliphatic heterocycles. The van der Waals surface area contributed by atoms with E-state index in [1.54, 1.807) is 18.2 Å². The molecular formula is C21H29ClN4O4S. The molecule has 0 spiro atoms. The van der Waals surface area contributed by atoms with Crippen LogP contribution in [-0.4, -0.2) is 43.4 Å². The van der Waals surface area contributed by atoms with Crippen LogP contribution in [0, 0.1) is 10.1 Å². The molecule has 0 radical (unpaired) electrons. The Hall–Kier alpha value is -2.20. The van der Waals surface area contributed by atoms with E-state index < -0.39 is 14.9 Å². The average molecular weight is 469 g/mol. The third-order valence-corrected chi connectivity index (χ3v) is 6.53. The van der Waals surface area contributed by atoms with Crippen molar-refractivity contribution in [3.63, 3.8) is 0 Å². The van der Waals surface area contributed by atoms with E-state index >= 15 is 0 Å². The third-order valence-electron chi connectivity index (χ3n) is 4.84. The average Bonchev–Trinajstić information content (AvgIpc) is 2.68. The molecule has 2 N–H and O–H groups in total. The number of halogens is 1. The van der Waals surface area contributed by atoms with Crippen molar-refractivity contribution < 1.29 is 13.3 Å². The minimum Gasteiger partial charge on any atom is -0.375 e. The van der Waals surface area contributed by atoms with Crippen molar-refractivity contribution in [2.45, 2.75) is 51.2 Å². The lowest BCUT2D eigenvalue weighted by atomic mass is 10.2. The molecule has 31 heavy (non-hydrogen) atoms. The predicted molar refractivity (Wildman–Crippen MR) is 124 cm³/mol. The van der Waals surface area contributed by atoms with Gasteiger partial charge < -0.3 is 5.32 Å². The zero-order chi connectivity index (χ0) is 23.2. The molecule has 2 rings (SSSR count). The second-order valence-electron chi connectivity index (χ2n) is 7.74. The van der Waals surface area contributed by atoms with Gasteiger partial charge in [-0.15, -0.1) is 0 Å². The molecule has 0 aromatic heterocycles. The number of nitrogens with zero attached hydrogens (tertiary/aromatic N) is 2. The number of sulfonamides is 1. The minimum atomic E-state index is -3.88. The van der Waals surface area contributed by atoms with Gasteiger partial charge in [0.25, 0.3) is 5.69 Å². The molecule has 2 aromatic rings. The van der Waals surface area contributed by atoms with E-state index in [0.29, 0.717) is 18.1 Å². The van der Waals surface area contributed by atoms with Gasteiger partial charge in [0, 0.05) is 42.8 Å². The van der Waals surface area contributed by atoms with Gasteiger partial charge in [0.15, 0.2) is 0 Å². The van der Waals surface area contributed by atoms with Crippen LogP contribution in [0.25, 0.3) is 0 Å². The summed E-state index contributed by atoms with van der Waals surface area (Å²) in [5.41, 5.74) is 0.769. The maximum Gasteiger partial charge on any atom is 0.293 e. The highest BCUT2D eigenvalue weighted by molar-refractivity contribution is 7.89. The van der Waals surface area contributed by atoms with Crippen molar-refractivity contribution in [1.29, 1.82) is 0 Å². The van der Waals surface area contributed by atoms with E-state index in [2.05, 4.69) is 14.9 Å². The lowest BCUT2D eigenvalue weighted by Crippen LogP contribution is -2.42. The largest absolute Gasteiger partial charge is 0.375 e. The molecule has 0 amide bonds. The number of nitrogens with one attached hydrogen (secondary N) is 2. The fraction of sp³-hybridized carbons (Fsp3) is 0.429. The summed E-state index contributed by atoms with van der Waals surface area (Å²) in [4.78, 5) is 13.0. The third kappa shape index (κ3) is 7.17. The Bertz CT molecular complexity index is 1000. The van der Waals surface area contributed by atoms with Crippen LogP contribution in [0.5, 0.6) is 0 Å². The first kappa shape index (κ1) is 25.1. The van der Waals surface area contributed by atoms with Gasteiger partial charge in [-0.05, 0) is 57.5 Å². The summed E-state index contributed by atoms with van der Waals surface area (Å²) in [6.07, 6.45) is 0. The highest BCUT2D eigenvalue weighted by atomic mass is 35.5. The first-order valence-electron chi connectivity index (χ1n) is 10.0. The van der Waals surface area contributed by atoms with Gasteiger partial charge in [-0.1, -0.05) is 23.7 Å². The monoisotopic (exact) mass is 468 g/mol. The van der Waals surface area contributed by atoms with E-state index in [1.165, 1.54) is 12.1 Å². The number of hydrogen-bond acceptors (Lipinski definition) is 6. The van der Waals surface area contributed by atoms with Gasteiger partial charge in [-0.2, -0.15) is 0 Å². The zero-order valence-electron chi connectivity index (χ0n) is 18.1. The molecule has 8 nitrogen and oxygen atoms in total. The predicted octanol–water partition coefficient (Wildman–Crippen LogP) is 4.26. The number of anilines is 1. The van der Waals surface area contributed by atoms with Crippen molar-refractivity contribution in [1.82, 2.24) is 9.62 Å². The van der Waals surface area contributed by atoms with Crippen molar-refractivity contribution in [2.24, 2.45) is 0 Å². The highest BCUT2D eigenvalue weighted by Crippen LogP contribution is 2.28. The standard InChI is InChI=1S/C21H29ClN4O4S/c1-15(2)25(16(3)4)11-10-24-31(29,30)19-8-9-20(21(13-19)26(27)28)23-14-17-6-5-7-18(22)12-17/h5-9,12-13,15-16,23-24H,10-11,14H2,1-4H3. The molecule has 0 saturated carbocycles. The van der Waals surface area contributed by atoms with Crippen LogP contribution < -0.4 is 10.0 Å². The number of nitro groups is 1. The Morgan fingerprint density at radius 1 is 1.10 bits per heavy atom. The molecular weight excluding hydrogens is 440 g/mol.